The highest BCUT2D eigenvalue weighted by atomic mass is 16.6. The molecule has 1 aromatic rings. The minimum Gasteiger partial charge on any atom is -0.455 e. The molecule has 0 spiro atoms. The highest BCUT2D eigenvalue weighted by Gasteiger charge is 2.77. The molecule has 5 rings (SSSR count). The normalized spacial score (nSPS) is 41.9. The minimum absolute atomic E-state index is 0.0931. The van der Waals surface area contributed by atoms with Crippen molar-refractivity contribution in [1.29, 1.82) is 0 Å². The summed E-state index contributed by atoms with van der Waals surface area (Å²) in [5, 5.41) is 46.9. The molecule has 1 heterocycles. The van der Waals surface area contributed by atoms with Crippen molar-refractivity contribution in [2.24, 2.45) is 16.7 Å². The second-order valence-corrected chi connectivity index (χ2v) is 12.2. The molecule has 0 radical (unpaired) electrons. The Morgan fingerprint density at radius 2 is 1.77 bits per heavy atom. The van der Waals surface area contributed by atoms with E-state index in [0.717, 1.165) is 6.08 Å². The van der Waals surface area contributed by atoms with Gasteiger partial charge in [-0.3, -0.25) is 4.79 Å². The van der Waals surface area contributed by atoms with E-state index in [4.69, 9.17) is 14.2 Å². The molecule has 2 bridgehead atoms. The molecule has 10 heteroatoms. The summed E-state index contributed by atoms with van der Waals surface area (Å²) in [5.74, 6) is -3.84. The molecule has 3 aliphatic carbocycles. The van der Waals surface area contributed by atoms with Crippen molar-refractivity contribution in [3.63, 3.8) is 0 Å². The molecule has 0 aromatic heterocycles. The van der Waals surface area contributed by atoms with Crippen LogP contribution < -0.4 is 0 Å². The van der Waals surface area contributed by atoms with E-state index in [2.05, 4.69) is 6.58 Å². The number of esters is 2. The third-order valence-corrected chi connectivity index (χ3v) is 10.1. The summed E-state index contributed by atoms with van der Waals surface area (Å²) in [5.41, 5.74) is -6.44. The highest BCUT2D eigenvalue weighted by molar-refractivity contribution is 5.94. The SMILES string of the molecule is C=CC(=O)O[C@@]12CO[C@@H]1C[C@H](O)[C@@]1(C)C(=O)[C@H](O)C3=C(C)[C@@H](O)C[C@@](O)([C@@H](OC(=O)c4ccccc4)C12)C3(C)C. The average Bonchev–Trinajstić information content (AvgIpc) is 2.91. The first-order valence-corrected chi connectivity index (χ1v) is 13.4. The summed E-state index contributed by atoms with van der Waals surface area (Å²) in [6.45, 7) is 9.47. The first kappa shape index (κ1) is 28.6. The molecule has 40 heavy (non-hydrogen) atoms. The molecule has 1 aromatic carbocycles. The van der Waals surface area contributed by atoms with Gasteiger partial charge in [-0.1, -0.05) is 38.6 Å². The number of rotatable bonds is 4. The number of ether oxygens (including phenoxy) is 3. The smallest absolute Gasteiger partial charge is 0.338 e. The number of fused-ring (bicyclic) bond motifs is 5. The third kappa shape index (κ3) is 3.63. The van der Waals surface area contributed by atoms with Gasteiger partial charge < -0.3 is 34.6 Å². The predicted molar refractivity (Wildman–Crippen MR) is 140 cm³/mol. The van der Waals surface area contributed by atoms with Crippen LogP contribution in [-0.4, -0.2) is 86.5 Å². The van der Waals surface area contributed by atoms with Crippen molar-refractivity contribution in [3.8, 4) is 0 Å². The van der Waals surface area contributed by atoms with Crippen molar-refractivity contribution in [1.82, 2.24) is 0 Å². The van der Waals surface area contributed by atoms with Crippen LogP contribution in [0.4, 0.5) is 0 Å². The van der Waals surface area contributed by atoms with Gasteiger partial charge in [0, 0.05) is 24.3 Å². The highest BCUT2D eigenvalue weighted by Crippen LogP contribution is 2.63. The zero-order chi connectivity index (χ0) is 29.4. The van der Waals surface area contributed by atoms with Crippen LogP contribution in [0, 0.1) is 16.7 Å². The Kier molecular flexibility index (Phi) is 6.67. The summed E-state index contributed by atoms with van der Waals surface area (Å²) >= 11 is 0. The van der Waals surface area contributed by atoms with Crippen LogP contribution in [-0.2, 0) is 23.8 Å². The summed E-state index contributed by atoms with van der Waals surface area (Å²) < 4.78 is 17.8. The van der Waals surface area contributed by atoms with Crippen molar-refractivity contribution in [2.75, 3.05) is 6.61 Å². The molecule has 216 valence electrons. The first-order valence-electron chi connectivity index (χ1n) is 13.4. The molecule has 1 unspecified atom stereocenters. The fourth-order valence-electron chi connectivity index (χ4n) is 7.62. The van der Waals surface area contributed by atoms with Gasteiger partial charge in [0.25, 0.3) is 0 Å². The first-order chi connectivity index (χ1) is 18.7. The zero-order valence-corrected chi connectivity index (χ0v) is 23.0. The lowest BCUT2D eigenvalue weighted by Crippen LogP contribution is -2.81. The third-order valence-electron chi connectivity index (χ3n) is 10.1. The van der Waals surface area contributed by atoms with Crippen LogP contribution in [0.15, 0.2) is 54.1 Å². The number of aliphatic hydroxyl groups excluding tert-OH is 3. The Morgan fingerprint density at radius 3 is 2.35 bits per heavy atom. The van der Waals surface area contributed by atoms with Crippen LogP contribution in [0.3, 0.4) is 0 Å². The van der Waals surface area contributed by atoms with E-state index in [1.807, 2.05) is 0 Å². The van der Waals surface area contributed by atoms with E-state index >= 15 is 0 Å². The van der Waals surface area contributed by atoms with Gasteiger partial charge in [0.15, 0.2) is 11.4 Å². The van der Waals surface area contributed by atoms with Gasteiger partial charge in [0.1, 0.15) is 23.9 Å². The van der Waals surface area contributed by atoms with Crippen molar-refractivity contribution in [2.45, 2.75) is 82.3 Å². The van der Waals surface area contributed by atoms with Crippen LogP contribution in [0.1, 0.15) is 50.9 Å². The maximum atomic E-state index is 14.3. The maximum absolute atomic E-state index is 14.3. The summed E-state index contributed by atoms with van der Waals surface area (Å²) in [4.78, 5) is 40.6. The summed E-state index contributed by atoms with van der Waals surface area (Å²) in [6, 6.07) is 8.05. The molecule has 2 saturated carbocycles. The number of Topliss-reactive ketones (excluding diaryl/α,β-unsaturated/α-hetero) is 1. The molecule has 1 saturated heterocycles. The zero-order valence-electron chi connectivity index (χ0n) is 23.0. The number of aliphatic hydroxyl groups is 4. The predicted octanol–water partition coefficient (Wildman–Crippen LogP) is 1.25. The van der Waals surface area contributed by atoms with Gasteiger partial charge in [-0.25, -0.2) is 9.59 Å². The van der Waals surface area contributed by atoms with E-state index in [9.17, 15) is 34.8 Å². The lowest BCUT2D eigenvalue weighted by molar-refractivity contribution is -0.345. The van der Waals surface area contributed by atoms with Gasteiger partial charge in [0.2, 0.25) is 0 Å². The van der Waals surface area contributed by atoms with E-state index in [1.165, 1.54) is 19.1 Å². The lowest BCUT2D eigenvalue weighted by Gasteiger charge is -2.67. The topological polar surface area (TPSA) is 160 Å². The number of hydrogen-bond acceptors (Lipinski definition) is 10. The Morgan fingerprint density at radius 1 is 1.12 bits per heavy atom. The number of carbonyl (C=O) groups excluding carboxylic acids is 3. The van der Waals surface area contributed by atoms with Crippen molar-refractivity contribution >= 4 is 17.7 Å². The molecular formula is C30H36O10. The van der Waals surface area contributed by atoms with Gasteiger partial charge in [-0.2, -0.15) is 0 Å². The monoisotopic (exact) mass is 556 g/mol. The van der Waals surface area contributed by atoms with Crippen molar-refractivity contribution in [3.05, 3.63) is 59.7 Å². The fourth-order valence-corrected chi connectivity index (χ4v) is 7.62. The van der Waals surface area contributed by atoms with Gasteiger partial charge in [-0.15, -0.1) is 0 Å². The van der Waals surface area contributed by atoms with Crippen LogP contribution in [0.5, 0.6) is 0 Å². The van der Waals surface area contributed by atoms with E-state index in [0.29, 0.717) is 5.57 Å². The van der Waals surface area contributed by atoms with Crippen LogP contribution in [0.2, 0.25) is 0 Å². The van der Waals surface area contributed by atoms with Gasteiger partial charge in [0.05, 0.1) is 35.7 Å². The Balaban J connectivity index is 1.81. The second-order valence-electron chi connectivity index (χ2n) is 12.2. The Hall–Kier alpha value is -2.89. The Labute approximate surface area is 232 Å². The molecule has 4 aliphatic rings. The number of hydrogen-bond donors (Lipinski definition) is 4. The van der Waals surface area contributed by atoms with Crippen molar-refractivity contribution < 1.29 is 49.0 Å². The molecule has 10 nitrogen and oxygen atoms in total. The van der Waals surface area contributed by atoms with E-state index < -0.39 is 76.2 Å². The summed E-state index contributed by atoms with van der Waals surface area (Å²) in [6.07, 6.45) is -6.50. The maximum Gasteiger partial charge on any atom is 0.338 e. The van der Waals surface area contributed by atoms with Crippen LogP contribution in [0.25, 0.3) is 0 Å². The van der Waals surface area contributed by atoms with Crippen LogP contribution >= 0.6 is 0 Å². The average molecular weight is 557 g/mol. The quantitative estimate of drug-likeness (QED) is 0.241. The number of benzene rings is 1. The standard InChI is InChI=1S/C30H36O10/c1-6-20(33)40-29-14-38-19(29)12-18(32)28(5)23(29)25(39-26(36)16-10-8-7-9-11-16)30(37)13-17(31)15(2)21(27(30,3)4)22(34)24(28)35/h6-11,17-19,22-23,25,31-32,34,37H,1,12-14H2,2-5H3/t17-,18-,19+,22+,23?,25-,28+,29-,30+/m0/s1. The van der Waals surface area contributed by atoms with Gasteiger partial charge in [-0.05, 0) is 37.1 Å². The fraction of sp³-hybridized carbons (Fsp3) is 0.567. The molecule has 9 atom stereocenters. The number of ketones is 1. The van der Waals surface area contributed by atoms with Gasteiger partial charge >= 0.3 is 11.9 Å². The lowest BCUT2D eigenvalue weighted by atomic mass is 9.44. The Bertz CT molecular complexity index is 1290. The van der Waals surface area contributed by atoms with E-state index in [1.54, 1.807) is 39.0 Å². The molecule has 1 aliphatic heterocycles. The molecular weight excluding hydrogens is 520 g/mol. The molecule has 4 N–H and O–H groups in total. The molecule has 3 fully saturated rings. The number of carbonyl (C=O) groups is 3. The summed E-state index contributed by atoms with van der Waals surface area (Å²) in [7, 11) is 0. The minimum atomic E-state index is -2.09. The second kappa shape index (κ2) is 9.32. The molecule has 0 amide bonds. The van der Waals surface area contributed by atoms with E-state index in [-0.39, 0.29) is 30.6 Å². The largest absolute Gasteiger partial charge is 0.455 e.